The van der Waals surface area contributed by atoms with Gasteiger partial charge < -0.3 is 15.4 Å². The molecule has 0 spiro atoms. The summed E-state index contributed by atoms with van der Waals surface area (Å²) in [6.45, 7) is 1.66. The highest BCUT2D eigenvalue weighted by Gasteiger charge is 2.31. The van der Waals surface area contributed by atoms with Crippen LogP contribution >= 0.6 is 0 Å². The van der Waals surface area contributed by atoms with Gasteiger partial charge in [-0.15, -0.1) is 0 Å². The minimum atomic E-state index is -4.52. The zero-order valence-corrected chi connectivity index (χ0v) is 15.3. The van der Waals surface area contributed by atoms with Gasteiger partial charge in [-0.2, -0.15) is 13.2 Å². The lowest BCUT2D eigenvalue weighted by Crippen LogP contribution is -2.13. The molecule has 0 atom stereocenters. The molecule has 0 aliphatic carbocycles. The Morgan fingerprint density at radius 1 is 1.31 bits per heavy atom. The van der Waals surface area contributed by atoms with Crippen LogP contribution in [-0.4, -0.2) is 45.8 Å². The SMILES string of the molecule is C/C=C(C=Nc1cc(C(F)(F)F)cnc1N(C)C)\C(C=O)=C/N.COC. The van der Waals surface area contributed by atoms with Gasteiger partial charge in [-0.25, -0.2) is 4.98 Å². The van der Waals surface area contributed by atoms with Crippen LogP contribution in [0.5, 0.6) is 0 Å². The third-order valence-corrected chi connectivity index (χ3v) is 2.89. The van der Waals surface area contributed by atoms with Crippen LogP contribution in [-0.2, 0) is 15.7 Å². The smallest absolute Gasteiger partial charge is 0.404 e. The van der Waals surface area contributed by atoms with Crippen molar-refractivity contribution in [3.05, 3.63) is 41.2 Å². The van der Waals surface area contributed by atoms with Gasteiger partial charge in [-0.3, -0.25) is 9.79 Å². The first-order chi connectivity index (χ1) is 12.2. The molecule has 0 radical (unpaired) electrons. The summed E-state index contributed by atoms with van der Waals surface area (Å²) in [4.78, 5) is 20.3. The Labute approximate surface area is 150 Å². The van der Waals surface area contributed by atoms with Crippen molar-refractivity contribution in [3.63, 3.8) is 0 Å². The Hall–Kier alpha value is -2.68. The number of aliphatic imine (C=N–C) groups is 1. The Morgan fingerprint density at radius 2 is 1.88 bits per heavy atom. The second-order valence-electron chi connectivity index (χ2n) is 5.11. The molecule has 6 nitrogen and oxygen atoms in total. The van der Waals surface area contributed by atoms with E-state index in [9.17, 15) is 18.0 Å². The minimum Gasteiger partial charge on any atom is -0.404 e. The molecule has 1 aromatic heterocycles. The van der Waals surface area contributed by atoms with Gasteiger partial charge in [0, 0.05) is 58.1 Å². The van der Waals surface area contributed by atoms with E-state index in [1.54, 1.807) is 46.2 Å². The van der Waals surface area contributed by atoms with Crippen molar-refractivity contribution in [1.29, 1.82) is 0 Å². The first kappa shape index (κ1) is 23.3. The number of nitrogens with two attached hydrogens (primary N) is 1. The van der Waals surface area contributed by atoms with Gasteiger partial charge in [-0.05, 0) is 13.0 Å². The molecule has 0 unspecified atom stereocenters. The van der Waals surface area contributed by atoms with Crippen LogP contribution in [0.4, 0.5) is 24.7 Å². The molecule has 0 aliphatic heterocycles. The molecule has 0 saturated carbocycles. The van der Waals surface area contributed by atoms with Crippen molar-refractivity contribution in [2.75, 3.05) is 33.2 Å². The third kappa shape index (κ3) is 7.06. The third-order valence-electron chi connectivity index (χ3n) is 2.89. The number of rotatable bonds is 5. The zero-order chi connectivity index (χ0) is 20.3. The summed E-state index contributed by atoms with van der Waals surface area (Å²) in [7, 11) is 6.53. The fourth-order valence-electron chi connectivity index (χ4n) is 1.70. The van der Waals surface area contributed by atoms with Crippen molar-refractivity contribution in [3.8, 4) is 0 Å². The van der Waals surface area contributed by atoms with Gasteiger partial charge in [0.25, 0.3) is 0 Å². The predicted molar refractivity (Wildman–Crippen MR) is 96.7 cm³/mol. The maximum Gasteiger partial charge on any atom is 0.417 e. The number of anilines is 1. The molecule has 0 bridgehead atoms. The van der Waals surface area contributed by atoms with Crippen LogP contribution in [0.2, 0.25) is 0 Å². The molecule has 0 aromatic carbocycles. The van der Waals surface area contributed by atoms with E-state index >= 15 is 0 Å². The lowest BCUT2D eigenvalue weighted by molar-refractivity contribution is -0.137. The maximum atomic E-state index is 12.8. The molecule has 0 fully saturated rings. The highest BCUT2D eigenvalue weighted by Crippen LogP contribution is 2.34. The topological polar surface area (TPSA) is 80.8 Å². The fraction of sp³-hybridized carbons (Fsp3) is 0.353. The summed E-state index contributed by atoms with van der Waals surface area (Å²) in [5.41, 5.74) is 5.03. The molecule has 1 heterocycles. The Balaban J connectivity index is 0.00000194. The van der Waals surface area contributed by atoms with Crippen LogP contribution in [0, 0.1) is 0 Å². The minimum absolute atomic E-state index is 0.0337. The molecule has 9 heteroatoms. The first-order valence-electron chi connectivity index (χ1n) is 7.38. The normalized spacial score (nSPS) is 12.6. The number of nitrogens with zero attached hydrogens (tertiary/aromatic N) is 3. The molecular formula is C17H23F3N4O2. The molecule has 1 aromatic rings. The van der Waals surface area contributed by atoms with Gasteiger partial charge in [-0.1, -0.05) is 6.08 Å². The number of aldehydes is 1. The summed E-state index contributed by atoms with van der Waals surface area (Å²) in [5.74, 6) is 0.272. The van der Waals surface area contributed by atoms with E-state index in [0.717, 1.165) is 18.5 Å². The highest BCUT2D eigenvalue weighted by molar-refractivity contribution is 5.97. The average Bonchev–Trinajstić information content (AvgIpc) is 2.58. The fourth-order valence-corrected chi connectivity index (χ4v) is 1.70. The Bertz CT molecular complexity index is 681. The van der Waals surface area contributed by atoms with Gasteiger partial charge in [0.05, 0.1) is 5.56 Å². The molecule has 26 heavy (non-hydrogen) atoms. The van der Waals surface area contributed by atoms with E-state index in [1.807, 2.05) is 0 Å². The van der Waals surface area contributed by atoms with E-state index in [4.69, 9.17) is 5.73 Å². The maximum absolute atomic E-state index is 12.8. The first-order valence-corrected chi connectivity index (χ1v) is 7.38. The largest absolute Gasteiger partial charge is 0.417 e. The number of hydrogen-bond donors (Lipinski definition) is 1. The number of ether oxygens (including phenoxy) is 1. The molecule has 2 N–H and O–H groups in total. The number of halogens is 3. The second kappa shape index (κ2) is 11.0. The molecule has 1 rings (SSSR count). The molecule has 144 valence electrons. The van der Waals surface area contributed by atoms with E-state index in [2.05, 4.69) is 14.7 Å². The predicted octanol–water partition coefficient (Wildman–Crippen LogP) is 3.12. The number of hydrogen-bond acceptors (Lipinski definition) is 6. The zero-order valence-electron chi connectivity index (χ0n) is 15.3. The lowest BCUT2D eigenvalue weighted by atomic mass is 10.1. The Kier molecular flexibility index (Phi) is 9.90. The summed E-state index contributed by atoms with van der Waals surface area (Å²) < 4.78 is 42.7. The van der Waals surface area contributed by atoms with Gasteiger partial charge in [0.15, 0.2) is 12.1 Å². The number of carbonyl (C=O) groups is 1. The van der Waals surface area contributed by atoms with Crippen LogP contribution in [0.25, 0.3) is 0 Å². The monoisotopic (exact) mass is 372 g/mol. The van der Waals surface area contributed by atoms with Crippen molar-refractivity contribution < 1.29 is 22.7 Å². The molecule has 0 amide bonds. The van der Waals surface area contributed by atoms with Crippen LogP contribution in [0.15, 0.2) is 40.7 Å². The van der Waals surface area contributed by atoms with Gasteiger partial charge in [0.2, 0.25) is 0 Å². The van der Waals surface area contributed by atoms with Crippen LogP contribution in [0.3, 0.4) is 0 Å². The van der Waals surface area contributed by atoms with Crippen molar-refractivity contribution in [1.82, 2.24) is 4.98 Å². The molecule has 0 saturated heterocycles. The van der Waals surface area contributed by atoms with Gasteiger partial charge in [0.1, 0.15) is 5.69 Å². The second-order valence-corrected chi connectivity index (χ2v) is 5.11. The number of allylic oxidation sites excluding steroid dienone is 3. The van der Waals surface area contributed by atoms with Crippen molar-refractivity contribution in [2.45, 2.75) is 13.1 Å². The number of carbonyl (C=O) groups excluding carboxylic acids is 1. The number of methoxy groups -OCH3 is 1. The highest BCUT2D eigenvalue weighted by atomic mass is 19.4. The summed E-state index contributed by atoms with van der Waals surface area (Å²) in [5, 5.41) is 0. The number of alkyl halides is 3. The van der Waals surface area contributed by atoms with E-state index in [0.29, 0.717) is 11.9 Å². The van der Waals surface area contributed by atoms with E-state index < -0.39 is 11.7 Å². The van der Waals surface area contributed by atoms with Crippen LogP contribution in [0.1, 0.15) is 12.5 Å². The number of pyridine rings is 1. The van der Waals surface area contributed by atoms with Crippen molar-refractivity contribution in [2.24, 2.45) is 10.7 Å². The van der Waals surface area contributed by atoms with Crippen molar-refractivity contribution >= 4 is 24.0 Å². The summed E-state index contributed by atoms with van der Waals surface area (Å²) >= 11 is 0. The Morgan fingerprint density at radius 3 is 2.27 bits per heavy atom. The van der Waals surface area contributed by atoms with Crippen LogP contribution < -0.4 is 10.6 Å². The average molecular weight is 372 g/mol. The lowest BCUT2D eigenvalue weighted by Gasteiger charge is -2.15. The summed E-state index contributed by atoms with van der Waals surface area (Å²) in [6, 6.07) is 0.902. The number of aromatic nitrogens is 1. The standard InChI is InChI=1S/C15H17F3N4O.C2H6O/c1-4-10(11(6-19)9-23)7-20-13-5-12(15(16,17)18)8-21-14(13)22(2)3;1-3-2/h4-9H,19H2,1-3H3;1-2H3/b10-4-,11-6-,20-7?;. The van der Waals surface area contributed by atoms with Gasteiger partial charge >= 0.3 is 6.18 Å². The van der Waals surface area contributed by atoms with E-state index in [-0.39, 0.29) is 17.1 Å². The van der Waals surface area contributed by atoms with E-state index in [1.165, 1.54) is 6.21 Å². The quantitative estimate of drug-likeness (QED) is 0.372. The molecule has 0 aliphatic rings. The summed E-state index contributed by atoms with van der Waals surface area (Å²) in [6.07, 6.45) is 0.729. The molecular weight excluding hydrogens is 349 g/mol.